The van der Waals surface area contributed by atoms with Crippen molar-refractivity contribution in [1.82, 2.24) is 0 Å². The van der Waals surface area contributed by atoms with E-state index < -0.39 is 24.4 Å². The highest BCUT2D eigenvalue weighted by molar-refractivity contribution is 5.86. The molecule has 4 aromatic carbocycles. The second kappa shape index (κ2) is 15.8. The van der Waals surface area contributed by atoms with Gasteiger partial charge >= 0.3 is 0 Å². The van der Waals surface area contributed by atoms with Crippen molar-refractivity contribution >= 4 is 5.78 Å². The normalized spacial score (nSPS) is 14.2. The Morgan fingerprint density at radius 1 is 0.575 bits per heavy atom. The largest absolute Gasteiger partial charge is 0.388 e. The predicted octanol–water partition coefficient (Wildman–Crippen LogP) is 4.91. The van der Waals surface area contributed by atoms with E-state index in [1.807, 2.05) is 121 Å². The molecular weight excluding hydrogens is 504 g/mol. The minimum absolute atomic E-state index is 0.0728. The second-order valence-electron chi connectivity index (χ2n) is 9.67. The zero-order valence-electron chi connectivity index (χ0n) is 22.4. The van der Waals surface area contributed by atoms with Crippen LogP contribution < -0.4 is 0 Å². The van der Waals surface area contributed by atoms with Gasteiger partial charge in [-0.1, -0.05) is 121 Å². The molecule has 0 radical (unpaired) electrons. The van der Waals surface area contributed by atoms with Crippen LogP contribution in [-0.2, 0) is 45.2 Å². The number of Topliss-reactive ketones (excluding diaryl/α,β-unsaturated/α-hetero) is 1. The number of ketones is 1. The summed E-state index contributed by atoms with van der Waals surface area (Å²) in [5.74, 6) is -0.305. The van der Waals surface area contributed by atoms with Crippen molar-refractivity contribution in [3.05, 3.63) is 144 Å². The molecule has 0 aliphatic rings. The zero-order chi connectivity index (χ0) is 28.0. The van der Waals surface area contributed by atoms with Crippen molar-refractivity contribution in [2.24, 2.45) is 0 Å². The molecule has 4 atom stereocenters. The number of aliphatic hydroxyl groups is 2. The van der Waals surface area contributed by atoms with Gasteiger partial charge in [0.25, 0.3) is 0 Å². The third kappa shape index (κ3) is 9.23. The van der Waals surface area contributed by atoms with Crippen molar-refractivity contribution in [2.45, 2.75) is 50.7 Å². The van der Waals surface area contributed by atoms with Crippen LogP contribution in [0.15, 0.2) is 121 Å². The van der Waals surface area contributed by atoms with Crippen LogP contribution in [0.3, 0.4) is 0 Å². The first-order chi connectivity index (χ1) is 19.6. The lowest BCUT2D eigenvalue weighted by Crippen LogP contribution is -2.51. The number of ether oxygens (including phenoxy) is 3. The molecule has 4 aromatic rings. The van der Waals surface area contributed by atoms with Gasteiger partial charge in [0.05, 0.1) is 26.4 Å². The zero-order valence-corrected chi connectivity index (χ0v) is 22.4. The lowest BCUT2D eigenvalue weighted by molar-refractivity contribution is -0.173. The second-order valence-corrected chi connectivity index (χ2v) is 9.67. The van der Waals surface area contributed by atoms with Gasteiger partial charge in [0.2, 0.25) is 0 Å². The van der Waals surface area contributed by atoms with Crippen molar-refractivity contribution < 1.29 is 29.2 Å². The Kier molecular flexibility index (Phi) is 11.6. The molecular formula is C34H36O6. The minimum atomic E-state index is -1.45. The molecule has 0 saturated carbocycles. The van der Waals surface area contributed by atoms with Gasteiger partial charge in [-0.25, -0.2) is 0 Å². The highest BCUT2D eigenvalue weighted by atomic mass is 16.5. The van der Waals surface area contributed by atoms with Crippen LogP contribution in [0.2, 0.25) is 0 Å². The molecule has 6 nitrogen and oxygen atoms in total. The summed E-state index contributed by atoms with van der Waals surface area (Å²) >= 11 is 0. The lowest BCUT2D eigenvalue weighted by atomic mass is 9.96. The molecule has 2 N–H and O–H groups in total. The Hall–Kier alpha value is -3.65. The number of hydrogen-bond acceptors (Lipinski definition) is 6. The summed E-state index contributed by atoms with van der Waals surface area (Å²) in [6.07, 6.45) is -4.96. The molecule has 40 heavy (non-hydrogen) atoms. The summed E-state index contributed by atoms with van der Waals surface area (Å²) in [5.41, 5.74) is 3.50. The third-order valence-electron chi connectivity index (χ3n) is 6.52. The molecule has 0 aliphatic carbocycles. The molecule has 0 spiro atoms. The van der Waals surface area contributed by atoms with Crippen molar-refractivity contribution in [1.29, 1.82) is 0 Å². The summed E-state index contributed by atoms with van der Waals surface area (Å²) in [6.45, 7) is 0.454. The number of carbonyl (C=O) groups excluding carboxylic acids is 1. The Bertz CT molecular complexity index is 1250. The quantitative estimate of drug-likeness (QED) is 0.210. The maximum Gasteiger partial charge on any atom is 0.168 e. The van der Waals surface area contributed by atoms with E-state index in [0.29, 0.717) is 6.61 Å². The fourth-order valence-corrected chi connectivity index (χ4v) is 4.38. The van der Waals surface area contributed by atoms with E-state index in [0.717, 1.165) is 22.3 Å². The summed E-state index contributed by atoms with van der Waals surface area (Å²) in [4.78, 5) is 13.5. The lowest BCUT2D eigenvalue weighted by Gasteiger charge is -2.32. The predicted molar refractivity (Wildman–Crippen MR) is 153 cm³/mol. The van der Waals surface area contributed by atoms with Crippen LogP contribution in [-0.4, -0.2) is 47.0 Å². The first-order valence-corrected chi connectivity index (χ1v) is 13.5. The highest BCUT2D eigenvalue weighted by Gasteiger charge is 2.38. The SMILES string of the molecule is O=C(Cc1ccccc1)[C@@H](OCc1ccccc1)[C@@H](O)[C@H](OCc1ccccc1)[C@H](O)COCc1ccccc1. The van der Waals surface area contributed by atoms with Gasteiger partial charge in [0, 0.05) is 6.42 Å². The van der Waals surface area contributed by atoms with E-state index in [2.05, 4.69) is 0 Å². The van der Waals surface area contributed by atoms with E-state index in [1.54, 1.807) is 0 Å². The maximum atomic E-state index is 13.5. The Labute approximate surface area is 235 Å². The average molecular weight is 541 g/mol. The fraction of sp³-hybridized carbons (Fsp3) is 0.265. The standard InChI is InChI=1S/C34H36O6/c35-30(21-26-13-5-1-6-14-26)33(39-23-28-17-9-3-10-18-28)32(37)34(40-24-29-19-11-4-12-20-29)31(36)25-38-22-27-15-7-2-8-16-27/h1-20,31-34,36-37H,21-25H2/t31-,32-,33-,34-/m1/s1. The molecule has 0 amide bonds. The molecule has 0 aromatic heterocycles. The fourth-order valence-electron chi connectivity index (χ4n) is 4.38. The average Bonchev–Trinajstić information content (AvgIpc) is 2.99. The number of benzene rings is 4. The van der Waals surface area contributed by atoms with E-state index >= 15 is 0 Å². The highest BCUT2D eigenvalue weighted by Crippen LogP contribution is 2.19. The molecule has 0 heterocycles. The first-order valence-electron chi connectivity index (χ1n) is 13.5. The Balaban J connectivity index is 1.51. The van der Waals surface area contributed by atoms with E-state index in [-0.39, 0.29) is 32.0 Å². The molecule has 0 saturated heterocycles. The summed E-state index contributed by atoms with van der Waals surface area (Å²) < 4.78 is 17.9. The smallest absolute Gasteiger partial charge is 0.168 e. The summed E-state index contributed by atoms with van der Waals surface area (Å²) in [5, 5.41) is 22.7. The van der Waals surface area contributed by atoms with Gasteiger partial charge in [0.1, 0.15) is 24.4 Å². The molecule has 4 rings (SSSR count). The van der Waals surface area contributed by atoms with Gasteiger partial charge < -0.3 is 24.4 Å². The number of carbonyl (C=O) groups is 1. The molecule has 0 bridgehead atoms. The van der Waals surface area contributed by atoms with E-state index in [4.69, 9.17) is 14.2 Å². The summed E-state index contributed by atoms with van der Waals surface area (Å²) in [7, 11) is 0. The maximum absolute atomic E-state index is 13.5. The van der Waals surface area contributed by atoms with Gasteiger partial charge in [-0.2, -0.15) is 0 Å². The van der Waals surface area contributed by atoms with Gasteiger partial charge in [-0.05, 0) is 22.3 Å². The van der Waals surface area contributed by atoms with Gasteiger partial charge in [-0.3, -0.25) is 4.79 Å². The van der Waals surface area contributed by atoms with E-state index in [1.165, 1.54) is 0 Å². The van der Waals surface area contributed by atoms with Crippen LogP contribution in [0.1, 0.15) is 22.3 Å². The van der Waals surface area contributed by atoms with Gasteiger partial charge in [-0.15, -0.1) is 0 Å². The number of hydrogen-bond donors (Lipinski definition) is 2. The topological polar surface area (TPSA) is 85.2 Å². The monoisotopic (exact) mass is 540 g/mol. The number of aliphatic hydroxyl groups excluding tert-OH is 2. The molecule has 0 fully saturated rings. The van der Waals surface area contributed by atoms with Crippen molar-refractivity contribution in [3.63, 3.8) is 0 Å². The van der Waals surface area contributed by atoms with Crippen LogP contribution in [0.25, 0.3) is 0 Å². The Morgan fingerprint density at radius 2 is 1.00 bits per heavy atom. The molecule has 0 unspecified atom stereocenters. The molecule has 208 valence electrons. The van der Waals surface area contributed by atoms with E-state index in [9.17, 15) is 15.0 Å². The van der Waals surface area contributed by atoms with Crippen LogP contribution in [0.4, 0.5) is 0 Å². The minimum Gasteiger partial charge on any atom is -0.388 e. The molecule has 0 aliphatic heterocycles. The van der Waals surface area contributed by atoms with Crippen LogP contribution in [0.5, 0.6) is 0 Å². The number of rotatable bonds is 16. The summed E-state index contributed by atoms with van der Waals surface area (Å²) in [6, 6.07) is 37.8. The Morgan fingerprint density at radius 3 is 1.50 bits per heavy atom. The van der Waals surface area contributed by atoms with Crippen molar-refractivity contribution in [3.8, 4) is 0 Å². The van der Waals surface area contributed by atoms with Crippen LogP contribution >= 0.6 is 0 Å². The van der Waals surface area contributed by atoms with Crippen LogP contribution in [0, 0.1) is 0 Å². The van der Waals surface area contributed by atoms with Crippen molar-refractivity contribution in [2.75, 3.05) is 6.61 Å². The van der Waals surface area contributed by atoms with Gasteiger partial charge in [0.15, 0.2) is 5.78 Å². The first kappa shape index (κ1) is 29.3. The molecule has 6 heteroatoms. The third-order valence-corrected chi connectivity index (χ3v) is 6.52.